The first kappa shape index (κ1) is 17.7. The molecule has 128 valence electrons. The molecule has 0 atom stereocenters. The molecule has 1 amide bonds. The van der Waals surface area contributed by atoms with Crippen molar-refractivity contribution in [1.82, 2.24) is 0 Å². The van der Waals surface area contributed by atoms with Crippen molar-refractivity contribution in [1.29, 1.82) is 0 Å². The van der Waals surface area contributed by atoms with Crippen molar-refractivity contribution in [3.05, 3.63) is 36.4 Å². The topological polar surface area (TPSA) is 48.0 Å². The smallest absolute Gasteiger partial charge is 0.213 e. The molecule has 0 aliphatic rings. The molecule has 0 saturated heterocycles. The molecular formula is C19H23NO4. The predicted octanol–water partition coefficient (Wildman–Crippen LogP) is 3.75. The second kappa shape index (κ2) is 7.73. The van der Waals surface area contributed by atoms with Gasteiger partial charge in [0.15, 0.2) is 11.5 Å². The molecule has 0 radical (unpaired) electrons. The summed E-state index contributed by atoms with van der Waals surface area (Å²) >= 11 is 0. The van der Waals surface area contributed by atoms with Crippen LogP contribution in [0.5, 0.6) is 17.2 Å². The van der Waals surface area contributed by atoms with E-state index in [4.69, 9.17) is 14.2 Å². The number of nitrogens with zero attached hydrogens (tertiary/aromatic N) is 1. The number of carbonyl (C=O) groups excluding carboxylic acids is 1. The number of carbonyl (C=O) groups is 1. The zero-order valence-corrected chi connectivity index (χ0v) is 14.7. The standard InChI is InChI=1S/C19H23NO4/c1-13(2)24-17-11-19(23-5)18(22-4)10-15(17)14-8-6-7-9-16(14)20(3)12-21/h6-13H,1-5H3. The van der Waals surface area contributed by atoms with Crippen LogP contribution in [0.15, 0.2) is 36.4 Å². The van der Waals surface area contributed by atoms with E-state index < -0.39 is 0 Å². The Kier molecular flexibility index (Phi) is 5.68. The highest BCUT2D eigenvalue weighted by Gasteiger charge is 2.18. The molecule has 24 heavy (non-hydrogen) atoms. The molecule has 0 N–H and O–H groups in total. The SMILES string of the molecule is COc1cc(OC(C)C)c(-c2ccccc2N(C)C=O)cc1OC. The molecule has 0 spiro atoms. The first-order chi connectivity index (χ1) is 11.5. The van der Waals surface area contributed by atoms with E-state index in [1.165, 1.54) is 4.90 Å². The van der Waals surface area contributed by atoms with Crippen molar-refractivity contribution in [2.45, 2.75) is 20.0 Å². The van der Waals surface area contributed by atoms with Crippen LogP contribution in [0.25, 0.3) is 11.1 Å². The fourth-order valence-corrected chi connectivity index (χ4v) is 2.49. The van der Waals surface area contributed by atoms with Gasteiger partial charge in [-0.15, -0.1) is 0 Å². The Morgan fingerprint density at radius 2 is 1.58 bits per heavy atom. The molecule has 2 aromatic carbocycles. The van der Waals surface area contributed by atoms with Gasteiger partial charge in [-0.05, 0) is 26.0 Å². The average Bonchev–Trinajstić information content (AvgIpc) is 2.60. The number of rotatable bonds is 7. The fourth-order valence-electron chi connectivity index (χ4n) is 2.49. The molecule has 5 nitrogen and oxygen atoms in total. The highest BCUT2D eigenvalue weighted by atomic mass is 16.5. The fraction of sp³-hybridized carbons (Fsp3) is 0.316. The number of anilines is 1. The zero-order valence-electron chi connectivity index (χ0n) is 14.7. The van der Waals surface area contributed by atoms with Crippen LogP contribution >= 0.6 is 0 Å². The lowest BCUT2D eigenvalue weighted by atomic mass is 10.0. The van der Waals surface area contributed by atoms with Crippen LogP contribution in [0.2, 0.25) is 0 Å². The van der Waals surface area contributed by atoms with Crippen molar-refractivity contribution in [3.63, 3.8) is 0 Å². The lowest BCUT2D eigenvalue weighted by Gasteiger charge is -2.21. The molecule has 0 saturated carbocycles. The Bertz CT molecular complexity index is 713. The highest BCUT2D eigenvalue weighted by Crippen LogP contribution is 2.43. The van der Waals surface area contributed by atoms with Gasteiger partial charge in [0.25, 0.3) is 0 Å². The summed E-state index contributed by atoms with van der Waals surface area (Å²) in [5, 5.41) is 0. The number of para-hydroxylation sites is 1. The lowest BCUT2D eigenvalue weighted by molar-refractivity contribution is -0.107. The maximum absolute atomic E-state index is 11.2. The third-order valence-electron chi connectivity index (χ3n) is 3.58. The summed E-state index contributed by atoms with van der Waals surface area (Å²) in [6.07, 6.45) is 0.778. The molecule has 0 aromatic heterocycles. The van der Waals surface area contributed by atoms with E-state index in [0.29, 0.717) is 17.2 Å². The normalized spacial score (nSPS) is 10.4. The van der Waals surface area contributed by atoms with E-state index in [9.17, 15) is 4.79 Å². The summed E-state index contributed by atoms with van der Waals surface area (Å²) in [6.45, 7) is 3.92. The summed E-state index contributed by atoms with van der Waals surface area (Å²) < 4.78 is 16.8. The Balaban J connectivity index is 2.70. The molecule has 0 aliphatic heterocycles. The lowest BCUT2D eigenvalue weighted by Crippen LogP contribution is -2.15. The van der Waals surface area contributed by atoms with Crippen molar-refractivity contribution in [3.8, 4) is 28.4 Å². The van der Waals surface area contributed by atoms with Crippen LogP contribution in [0.1, 0.15) is 13.8 Å². The Labute approximate surface area is 142 Å². The number of amides is 1. The molecule has 5 heteroatoms. The Morgan fingerprint density at radius 3 is 2.17 bits per heavy atom. The van der Waals surface area contributed by atoms with Gasteiger partial charge in [0, 0.05) is 24.2 Å². The van der Waals surface area contributed by atoms with Crippen LogP contribution < -0.4 is 19.1 Å². The van der Waals surface area contributed by atoms with Gasteiger partial charge in [0.2, 0.25) is 6.41 Å². The maximum Gasteiger partial charge on any atom is 0.213 e. The summed E-state index contributed by atoms with van der Waals surface area (Å²) in [5.41, 5.74) is 2.50. The van der Waals surface area contributed by atoms with Crippen molar-refractivity contribution in [2.24, 2.45) is 0 Å². The van der Waals surface area contributed by atoms with Gasteiger partial charge in [-0.2, -0.15) is 0 Å². The summed E-state index contributed by atoms with van der Waals surface area (Å²) in [6, 6.07) is 11.3. The van der Waals surface area contributed by atoms with Crippen molar-refractivity contribution < 1.29 is 19.0 Å². The molecule has 2 rings (SSSR count). The highest BCUT2D eigenvalue weighted by molar-refractivity contribution is 5.89. The first-order valence-electron chi connectivity index (χ1n) is 7.72. The number of hydrogen-bond acceptors (Lipinski definition) is 4. The number of ether oxygens (including phenoxy) is 3. The van der Waals surface area contributed by atoms with E-state index in [1.807, 2.05) is 50.2 Å². The molecule has 2 aromatic rings. The molecule has 0 unspecified atom stereocenters. The average molecular weight is 329 g/mol. The minimum absolute atomic E-state index is 0.00202. The van der Waals surface area contributed by atoms with Crippen LogP contribution in [0, 0.1) is 0 Å². The van der Waals surface area contributed by atoms with Gasteiger partial charge in [-0.3, -0.25) is 4.79 Å². The summed E-state index contributed by atoms with van der Waals surface area (Å²) in [7, 11) is 4.90. The maximum atomic E-state index is 11.2. The second-order valence-electron chi connectivity index (χ2n) is 5.60. The third kappa shape index (κ3) is 3.62. The van der Waals surface area contributed by atoms with E-state index in [2.05, 4.69) is 0 Å². The van der Waals surface area contributed by atoms with Crippen LogP contribution in [-0.2, 0) is 4.79 Å². The minimum Gasteiger partial charge on any atom is -0.493 e. The molecule has 0 fully saturated rings. The van der Waals surface area contributed by atoms with Gasteiger partial charge in [-0.25, -0.2) is 0 Å². The first-order valence-corrected chi connectivity index (χ1v) is 7.72. The van der Waals surface area contributed by atoms with Gasteiger partial charge >= 0.3 is 0 Å². The van der Waals surface area contributed by atoms with E-state index in [0.717, 1.165) is 23.2 Å². The molecule has 0 bridgehead atoms. The number of methoxy groups -OCH3 is 2. The number of benzene rings is 2. The predicted molar refractivity (Wildman–Crippen MR) is 95.2 cm³/mol. The van der Waals surface area contributed by atoms with Crippen molar-refractivity contribution in [2.75, 3.05) is 26.2 Å². The quantitative estimate of drug-likeness (QED) is 0.726. The Hall–Kier alpha value is -2.69. The number of hydrogen-bond donors (Lipinski definition) is 0. The third-order valence-corrected chi connectivity index (χ3v) is 3.58. The summed E-state index contributed by atoms with van der Waals surface area (Å²) in [4.78, 5) is 12.8. The van der Waals surface area contributed by atoms with Crippen LogP contribution in [0.4, 0.5) is 5.69 Å². The minimum atomic E-state index is -0.00202. The van der Waals surface area contributed by atoms with Crippen molar-refractivity contribution >= 4 is 12.1 Å². The molecular weight excluding hydrogens is 306 g/mol. The second-order valence-corrected chi connectivity index (χ2v) is 5.60. The monoisotopic (exact) mass is 329 g/mol. The van der Waals surface area contributed by atoms with E-state index in [1.54, 1.807) is 21.3 Å². The summed E-state index contributed by atoms with van der Waals surface area (Å²) in [5.74, 6) is 1.87. The Morgan fingerprint density at radius 1 is 0.958 bits per heavy atom. The zero-order chi connectivity index (χ0) is 17.7. The van der Waals surface area contributed by atoms with Gasteiger partial charge in [-0.1, -0.05) is 18.2 Å². The van der Waals surface area contributed by atoms with Gasteiger partial charge in [0.1, 0.15) is 5.75 Å². The van der Waals surface area contributed by atoms with Gasteiger partial charge < -0.3 is 19.1 Å². The largest absolute Gasteiger partial charge is 0.493 e. The van der Waals surface area contributed by atoms with E-state index in [-0.39, 0.29) is 6.10 Å². The van der Waals surface area contributed by atoms with Gasteiger partial charge in [0.05, 0.1) is 26.0 Å². The van der Waals surface area contributed by atoms with Crippen LogP contribution in [-0.4, -0.2) is 33.8 Å². The van der Waals surface area contributed by atoms with E-state index >= 15 is 0 Å². The molecule has 0 heterocycles. The van der Waals surface area contributed by atoms with Crippen LogP contribution in [0.3, 0.4) is 0 Å². The molecule has 0 aliphatic carbocycles.